The zero-order valence-corrected chi connectivity index (χ0v) is 11.8. The van der Waals surface area contributed by atoms with Crippen LogP contribution in [0, 0.1) is 0 Å². The Hall–Kier alpha value is -1.52. The number of hydrogen-bond acceptors (Lipinski definition) is 8. The lowest BCUT2D eigenvalue weighted by Gasteiger charge is -2.38. The summed E-state index contributed by atoms with van der Waals surface area (Å²) in [5, 5.41) is 30.0. The molecule has 2 fully saturated rings. The van der Waals surface area contributed by atoms with Crippen LogP contribution in [0.5, 0.6) is 0 Å². The molecule has 122 valence electrons. The van der Waals surface area contributed by atoms with Gasteiger partial charge in [-0.1, -0.05) is 0 Å². The van der Waals surface area contributed by atoms with Crippen molar-refractivity contribution in [3.8, 4) is 0 Å². The summed E-state index contributed by atoms with van der Waals surface area (Å²) in [7, 11) is 0. The summed E-state index contributed by atoms with van der Waals surface area (Å²) in [6.07, 6.45) is -1.84. The minimum absolute atomic E-state index is 0.0375. The topological polar surface area (TPSA) is 140 Å². The minimum atomic E-state index is -1.64. The number of ether oxygens (including phenoxy) is 2. The molecule has 0 radical (unpaired) electrons. The predicted octanol–water partition coefficient (Wildman–Crippen LogP) is -2.23. The average molecular weight is 313 g/mol. The fourth-order valence-corrected chi connectivity index (χ4v) is 3.18. The first-order valence-corrected chi connectivity index (χ1v) is 7.12. The van der Waals surface area contributed by atoms with Crippen molar-refractivity contribution in [1.82, 2.24) is 9.55 Å². The van der Waals surface area contributed by atoms with Gasteiger partial charge in [-0.2, -0.15) is 4.98 Å². The van der Waals surface area contributed by atoms with Crippen molar-refractivity contribution in [2.45, 2.75) is 43.0 Å². The van der Waals surface area contributed by atoms with Crippen LogP contribution in [0.3, 0.4) is 0 Å². The minimum Gasteiger partial charge on any atom is -0.394 e. The monoisotopic (exact) mass is 313 g/mol. The molecule has 2 saturated heterocycles. The zero-order valence-electron chi connectivity index (χ0n) is 11.8. The SMILES string of the molecule is Nc1ccn([C@]2(C3CCCO3)O[C@H](CO)[C@@H](O)[C@H]2O)c(=O)n1. The van der Waals surface area contributed by atoms with Gasteiger partial charge in [0.2, 0.25) is 5.72 Å². The molecule has 1 aromatic rings. The third-order valence-corrected chi connectivity index (χ3v) is 4.24. The molecule has 0 bridgehead atoms. The van der Waals surface area contributed by atoms with Gasteiger partial charge >= 0.3 is 5.69 Å². The summed E-state index contributed by atoms with van der Waals surface area (Å²) in [5.41, 5.74) is 3.13. The molecule has 2 aliphatic heterocycles. The van der Waals surface area contributed by atoms with Crippen molar-refractivity contribution in [2.75, 3.05) is 18.9 Å². The normalized spacial score (nSPS) is 38.5. The van der Waals surface area contributed by atoms with E-state index in [1.165, 1.54) is 12.3 Å². The van der Waals surface area contributed by atoms with Crippen LogP contribution in [-0.4, -0.2) is 62.5 Å². The molecule has 2 aliphatic rings. The molecule has 22 heavy (non-hydrogen) atoms. The molecule has 0 aromatic carbocycles. The van der Waals surface area contributed by atoms with Crippen molar-refractivity contribution in [3.63, 3.8) is 0 Å². The fourth-order valence-electron chi connectivity index (χ4n) is 3.18. The quantitative estimate of drug-likeness (QED) is 0.491. The molecule has 1 aromatic heterocycles. The number of rotatable bonds is 3. The van der Waals surface area contributed by atoms with Gasteiger partial charge in [0, 0.05) is 12.8 Å². The highest BCUT2D eigenvalue weighted by molar-refractivity contribution is 5.24. The fraction of sp³-hybridized carbons (Fsp3) is 0.692. The molecule has 9 nitrogen and oxygen atoms in total. The van der Waals surface area contributed by atoms with Gasteiger partial charge in [-0.15, -0.1) is 0 Å². The Balaban J connectivity index is 2.13. The molecule has 9 heteroatoms. The summed E-state index contributed by atoms with van der Waals surface area (Å²) >= 11 is 0. The van der Waals surface area contributed by atoms with Crippen LogP contribution in [0.25, 0.3) is 0 Å². The van der Waals surface area contributed by atoms with Crippen molar-refractivity contribution >= 4 is 5.82 Å². The van der Waals surface area contributed by atoms with Crippen molar-refractivity contribution in [1.29, 1.82) is 0 Å². The second-order valence-electron chi connectivity index (χ2n) is 5.53. The molecule has 3 heterocycles. The number of aromatic nitrogens is 2. The Morgan fingerprint density at radius 2 is 2.27 bits per heavy atom. The Morgan fingerprint density at radius 3 is 2.82 bits per heavy atom. The first-order valence-electron chi connectivity index (χ1n) is 7.12. The second-order valence-corrected chi connectivity index (χ2v) is 5.53. The maximum Gasteiger partial charge on any atom is 0.352 e. The van der Waals surface area contributed by atoms with Crippen molar-refractivity contribution < 1.29 is 24.8 Å². The van der Waals surface area contributed by atoms with Crippen LogP contribution in [0.4, 0.5) is 5.82 Å². The lowest BCUT2D eigenvalue weighted by atomic mass is 9.95. The van der Waals surface area contributed by atoms with Gasteiger partial charge in [-0.05, 0) is 18.9 Å². The van der Waals surface area contributed by atoms with Gasteiger partial charge in [0.1, 0.15) is 30.2 Å². The average Bonchev–Trinajstić information content (AvgIpc) is 3.10. The van der Waals surface area contributed by atoms with E-state index in [0.717, 1.165) is 11.0 Å². The van der Waals surface area contributed by atoms with Crippen LogP contribution in [0.1, 0.15) is 12.8 Å². The number of aliphatic hydroxyl groups excluding tert-OH is 3. The maximum absolute atomic E-state index is 12.2. The van der Waals surface area contributed by atoms with E-state index in [0.29, 0.717) is 13.0 Å². The van der Waals surface area contributed by atoms with Crippen molar-refractivity contribution in [2.24, 2.45) is 0 Å². The summed E-state index contributed by atoms with van der Waals surface area (Å²) in [5.74, 6) is 0.0375. The predicted molar refractivity (Wildman–Crippen MR) is 73.8 cm³/mol. The third-order valence-electron chi connectivity index (χ3n) is 4.24. The Morgan fingerprint density at radius 1 is 1.50 bits per heavy atom. The van der Waals surface area contributed by atoms with Crippen molar-refractivity contribution in [3.05, 3.63) is 22.7 Å². The number of nitrogen functional groups attached to an aromatic ring is 1. The number of anilines is 1. The molecule has 5 N–H and O–H groups in total. The molecule has 0 spiro atoms. The smallest absolute Gasteiger partial charge is 0.352 e. The van der Waals surface area contributed by atoms with Gasteiger partial charge in [-0.25, -0.2) is 4.79 Å². The highest BCUT2D eigenvalue weighted by Crippen LogP contribution is 2.42. The first kappa shape index (κ1) is 15.4. The zero-order chi connectivity index (χ0) is 15.9. The first-order chi connectivity index (χ1) is 10.5. The van der Waals surface area contributed by atoms with E-state index in [2.05, 4.69) is 4.98 Å². The van der Waals surface area contributed by atoms with Crippen LogP contribution < -0.4 is 11.4 Å². The van der Waals surface area contributed by atoms with Crippen LogP contribution >= 0.6 is 0 Å². The number of hydrogen-bond donors (Lipinski definition) is 4. The van der Waals surface area contributed by atoms with E-state index in [1.807, 2.05) is 0 Å². The molecule has 1 unspecified atom stereocenters. The van der Waals surface area contributed by atoms with E-state index in [9.17, 15) is 20.1 Å². The van der Waals surface area contributed by atoms with Gasteiger partial charge in [0.05, 0.1) is 6.61 Å². The Kier molecular flexibility index (Phi) is 3.91. The molecule has 0 saturated carbocycles. The van der Waals surface area contributed by atoms with E-state index < -0.39 is 42.4 Å². The molecular weight excluding hydrogens is 294 g/mol. The second kappa shape index (κ2) is 5.60. The number of aliphatic hydroxyl groups is 3. The number of nitrogens with zero attached hydrogens (tertiary/aromatic N) is 2. The Bertz CT molecular complexity index is 602. The van der Waals surface area contributed by atoms with Gasteiger partial charge in [-0.3, -0.25) is 4.57 Å². The molecule has 0 aliphatic carbocycles. The van der Waals surface area contributed by atoms with E-state index in [1.54, 1.807) is 0 Å². The lowest BCUT2D eigenvalue weighted by molar-refractivity contribution is -0.212. The van der Waals surface area contributed by atoms with Crippen LogP contribution in [0.15, 0.2) is 17.1 Å². The highest BCUT2D eigenvalue weighted by Gasteiger charge is 2.61. The largest absolute Gasteiger partial charge is 0.394 e. The summed E-state index contributed by atoms with van der Waals surface area (Å²) in [4.78, 5) is 15.9. The molecule has 3 rings (SSSR count). The maximum atomic E-state index is 12.2. The van der Waals surface area contributed by atoms with Gasteiger partial charge in [0.15, 0.2) is 0 Å². The molecular formula is C13H19N3O6. The molecule has 5 atom stereocenters. The van der Waals surface area contributed by atoms with Crippen LogP contribution in [-0.2, 0) is 15.2 Å². The van der Waals surface area contributed by atoms with E-state index in [4.69, 9.17) is 15.2 Å². The van der Waals surface area contributed by atoms with E-state index in [-0.39, 0.29) is 5.82 Å². The summed E-state index contributed by atoms with van der Waals surface area (Å²) in [6.45, 7) is -0.0383. The third kappa shape index (κ3) is 2.13. The lowest BCUT2D eigenvalue weighted by Crippen LogP contribution is -2.57. The highest BCUT2D eigenvalue weighted by atomic mass is 16.6. The number of nitrogens with two attached hydrogens (primary N) is 1. The van der Waals surface area contributed by atoms with E-state index >= 15 is 0 Å². The Labute approximate surface area is 125 Å². The molecule has 0 amide bonds. The summed E-state index contributed by atoms with van der Waals surface area (Å²) in [6, 6.07) is 1.40. The summed E-state index contributed by atoms with van der Waals surface area (Å²) < 4.78 is 12.4. The van der Waals surface area contributed by atoms with Gasteiger partial charge in [0.25, 0.3) is 0 Å². The standard InChI is InChI=1S/C13H19N3O6/c14-9-3-4-16(12(20)15-9)13(8-2-1-5-21-8)11(19)10(18)7(6-17)22-13/h3-4,7-8,10-11,17-19H,1-2,5-6H2,(H2,14,15,20)/t7-,8?,10-,11-,13-/m1/s1. The van der Waals surface area contributed by atoms with Crippen LogP contribution in [0.2, 0.25) is 0 Å². The van der Waals surface area contributed by atoms with Gasteiger partial charge < -0.3 is 30.5 Å².